The quantitative estimate of drug-likeness (QED) is 0.505. The van der Waals surface area contributed by atoms with E-state index < -0.39 is 6.10 Å². The zero-order valence-corrected chi connectivity index (χ0v) is 15.1. The second-order valence-corrected chi connectivity index (χ2v) is 8.03. The van der Waals surface area contributed by atoms with Crippen LogP contribution in [0.25, 0.3) is 11.1 Å². The molecule has 1 atom stereocenters. The van der Waals surface area contributed by atoms with Crippen molar-refractivity contribution >= 4 is 0 Å². The lowest BCUT2D eigenvalue weighted by atomic mass is 9.86. The van der Waals surface area contributed by atoms with Crippen LogP contribution in [0.15, 0.2) is 66.7 Å². The molecule has 1 unspecified atom stereocenters. The van der Waals surface area contributed by atoms with Crippen molar-refractivity contribution < 1.29 is 5.11 Å². The van der Waals surface area contributed by atoms with Crippen LogP contribution in [0.1, 0.15) is 54.7 Å². The SMILES string of the molecule is CC(C)(C)c1ccc(C(O)c2ccc3c(c2)Cc2ccccc2-3)cc1. The molecule has 1 heteroatoms. The van der Waals surface area contributed by atoms with Crippen LogP contribution in [0.2, 0.25) is 0 Å². The minimum Gasteiger partial charge on any atom is -0.384 e. The lowest BCUT2D eigenvalue weighted by Crippen LogP contribution is -2.11. The van der Waals surface area contributed by atoms with Gasteiger partial charge in [-0.2, -0.15) is 0 Å². The number of hydrogen-bond donors (Lipinski definition) is 1. The van der Waals surface area contributed by atoms with E-state index in [1.54, 1.807) is 0 Å². The largest absolute Gasteiger partial charge is 0.384 e. The number of aliphatic hydroxyl groups excluding tert-OH is 1. The first-order valence-corrected chi connectivity index (χ1v) is 8.93. The molecule has 0 radical (unpaired) electrons. The van der Waals surface area contributed by atoms with Crippen LogP contribution in [-0.4, -0.2) is 5.11 Å². The molecule has 1 N–H and O–H groups in total. The van der Waals surface area contributed by atoms with Crippen LogP contribution < -0.4 is 0 Å². The van der Waals surface area contributed by atoms with E-state index in [0.29, 0.717) is 0 Å². The Bertz CT molecular complexity index is 914. The van der Waals surface area contributed by atoms with E-state index in [-0.39, 0.29) is 5.41 Å². The van der Waals surface area contributed by atoms with Gasteiger partial charge in [-0.3, -0.25) is 0 Å². The fraction of sp³-hybridized carbons (Fsp3) is 0.250. The molecule has 0 heterocycles. The van der Waals surface area contributed by atoms with E-state index in [1.165, 1.54) is 27.8 Å². The molecule has 25 heavy (non-hydrogen) atoms. The van der Waals surface area contributed by atoms with E-state index in [1.807, 2.05) is 12.1 Å². The molecular weight excluding hydrogens is 304 g/mol. The third kappa shape index (κ3) is 2.89. The summed E-state index contributed by atoms with van der Waals surface area (Å²) < 4.78 is 0. The van der Waals surface area contributed by atoms with Crippen molar-refractivity contribution in [3.8, 4) is 11.1 Å². The van der Waals surface area contributed by atoms with Crippen LogP contribution in [-0.2, 0) is 11.8 Å². The topological polar surface area (TPSA) is 20.2 Å². The van der Waals surface area contributed by atoms with E-state index in [0.717, 1.165) is 17.5 Å². The van der Waals surface area contributed by atoms with Gasteiger partial charge in [0, 0.05) is 0 Å². The monoisotopic (exact) mass is 328 g/mol. The fourth-order valence-electron chi connectivity index (χ4n) is 3.69. The first-order valence-electron chi connectivity index (χ1n) is 8.93. The number of rotatable bonds is 2. The van der Waals surface area contributed by atoms with Gasteiger partial charge in [-0.25, -0.2) is 0 Å². The molecule has 0 aliphatic heterocycles. The maximum absolute atomic E-state index is 10.8. The summed E-state index contributed by atoms with van der Waals surface area (Å²) >= 11 is 0. The average Bonchev–Trinajstić information content (AvgIpc) is 2.98. The first-order chi connectivity index (χ1) is 11.9. The highest BCUT2D eigenvalue weighted by atomic mass is 16.3. The maximum atomic E-state index is 10.8. The molecule has 0 bridgehead atoms. The molecule has 0 spiro atoms. The van der Waals surface area contributed by atoms with Gasteiger partial charge in [-0.05, 0) is 50.8 Å². The van der Waals surface area contributed by atoms with Gasteiger partial charge in [0.05, 0.1) is 0 Å². The Morgan fingerprint density at radius 2 is 1.40 bits per heavy atom. The Kier molecular flexibility index (Phi) is 3.77. The third-order valence-electron chi connectivity index (χ3n) is 5.23. The van der Waals surface area contributed by atoms with Crippen LogP contribution >= 0.6 is 0 Å². The molecule has 0 aromatic heterocycles. The van der Waals surface area contributed by atoms with Gasteiger partial charge in [0.15, 0.2) is 0 Å². The Labute approximate surface area is 150 Å². The highest BCUT2D eigenvalue weighted by molar-refractivity contribution is 5.77. The van der Waals surface area contributed by atoms with Gasteiger partial charge >= 0.3 is 0 Å². The lowest BCUT2D eigenvalue weighted by molar-refractivity contribution is 0.220. The third-order valence-corrected chi connectivity index (χ3v) is 5.23. The molecule has 0 saturated carbocycles. The highest BCUT2D eigenvalue weighted by Crippen LogP contribution is 2.38. The van der Waals surface area contributed by atoms with Crippen molar-refractivity contribution in [2.24, 2.45) is 0 Å². The van der Waals surface area contributed by atoms with Gasteiger partial charge in [0.2, 0.25) is 0 Å². The molecule has 3 aromatic carbocycles. The molecule has 126 valence electrons. The van der Waals surface area contributed by atoms with Crippen LogP contribution in [0, 0.1) is 0 Å². The van der Waals surface area contributed by atoms with Crippen LogP contribution in [0.4, 0.5) is 0 Å². The number of fused-ring (bicyclic) bond motifs is 3. The second kappa shape index (κ2) is 5.86. The van der Waals surface area contributed by atoms with Gasteiger partial charge in [0.25, 0.3) is 0 Å². The molecular formula is C24H24O. The normalized spacial score (nSPS) is 14.1. The van der Waals surface area contributed by atoms with Crippen LogP contribution in [0.3, 0.4) is 0 Å². The molecule has 1 nitrogen and oxygen atoms in total. The Balaban J connectivity index is 1.64. The first kappa shape index (κ1) is 16.1. The van der Waals surface area contributed by atoms with Gasteiger partial charge in [-0.1, -0.05) is 87.5 Å². The van der Waals surface area contributed by atoms with Gasteiger partial charge in [-0.15, -0.1) is 0 Å². The average molecular weight is 328 g/mol. The Morgan fingerprint density at radius 3 is 2.12 bits per heavy atom. The fourth-order valence-corrected chi connectivity index (χ4v) is 3.69. The van der Waals surface area contributed by atoms with Crippen molar-refractivity contribution in [2.45, 2.75) is 38.7 Å². The number of hydrogen-bond acceptors (Lipinski definition) is 1. The molecule has 1 aliphatic rings. The van der Waals surface area contributed by atoms with Crippen molar-refractivity contribution in [3.63, 3.8) is 0 Å². The predicted molar refractivity (Wildman–Crippen MR) is 104 cm³/mol. The van der Waals surface area contributed by atoms with E-state index >= 15 is 0 Å². The predicted octanol–water partition coefficient (Wildman–Crippen LogP) is 5.64. The summed E-state index contributed by atoms with van der Waals surface area (Å²) in [5, 5.41) is 10.8. The smallest absolute Gasteiger partial charge is 0.104 e. The van der Waals surface area contributed by atoms with Crippen molar-refractivity contribution in [3.05, 3.63) is 94.5 Å². The standard InChI is InChI=1S/C24H24O/c1-24(2,3)20-11-8-16(9-12-20)23(25)18-10-13-22-19(15-18)14-17-6-4-5-7-21(17)22/h4-13,15,23,25H,14H2,1-3H3. The minimum absolute atomic E-state index is 0.128. The molecule has 3 aromatic rings. The zero-order valence-electron chi connectivity index (χ0n) is 15.1. The van der Waals surface area contributed by atoms with Crippen LogP contribution in [0.5, 0.6) is 0 Å². The summed E-state index contributed by atoms with van der Waals surface area (Å²) in [5.41, 5.74) is 8.64. The Morgan fingerprint density at radius 1 is 0.760 bits per heavy atom. The molecule has 0 amide bonds. The number of aliphatic hydroxyl groups is 1. The maximum Gasteiger partial charge on any atom is 0.104 e. The zero-order chi connectivity index (χ0) is 17.6. The van der Waals surface area contributed by atoms with Crippen molar-refractivity contribution in [1.82, 2.24) is 0 Å². The van der Waals surface area contributed by atoms with Crippen molar-refractivity contribution in [2.75, 3.05) is 0 Å². The van der Waals surface area contributed by atoms with E-state index in [4.69, 9.17) is 0 Å². The highest BCUT2D eigenvalue weighted by Gasteiger charge is 2.20. The molecule has 0 fully saturated rings. The molecule has 1 aliphatic carbocycles. The van der Waals surface area contributed by atoms with Gasteiger partial charge in [0.1, 0.15) is 6.10 Å². The minimum atomic E-state index is -0.581. The summed E-state index contributed by atoms with van der Waals surface area (Å²) in [6.07, 6.45) is 0.373. The Hall–Kier alpha value is -2.38. The summed E-state index contributed by atoms with van der Waals surface area (Å²) in [7, 11) is 0. The molecule has 4 rings (SSSR count). The summed E-state index contributed by atoms with van der Waals surface area (Å²) in [6.45, 7) is 6.61. The lowest BCUT2D eigenvalue weighted by Gasteiger charge is -2.20. The van der Waals surface area contributed by atoms with Crippen molar-refractivity contribution in [1.29, 1.82) is 0 Å². The van der Waals surface area contributed by atoms with E-state index in [9.17, 15) is 5.11 Å². The van der Waals surface area contributed by atoms with E-state index in [2.05, 4.69) is 75.4 Å². The summed E-state index contributed by atoms with van der Waals surface area (Å²) in [4.78, 5) is 0. The molecule has 0 saturated heterocycles. The van der Waals surface area contributed by atoms with Gasteiger partial charge < -0.3 is 5.11 Å². The summed E-state index contributed by atoms with van der Waals surface area (Å²) in [5.74, 6) is 0. The second-order valence-electron chi connectivity index (χ2n) is 8.03. The summed E-state index contributed by atoms with van der Waals surface area (Å²) in [6, 6.07) is 23.3. The number of benzene rings is 3.